The first kappa shape index (κ1) is 8.85. The van der Waals surface area contributed by atoms with Gasteiger partial charge in [0.2, 0.25) is 15.2 Å². The normalized spacial score (nSPS) is 9.55. The largest absolute Gasteiger partial charge is 0.242 e. The van der Waals surface area contributed by atoms with E-state index in [1.165, 1.54) is 22.5 Å². The second kappa shape index (κ2) is 5.41. The van der Waals surface area contributed by atoms with Gasteiger partial charge in [-0.1, -0.05) is 59.8 Å². The van der Waals surface area contributed by atoms with Crippen LogP contribution in [0.3, 0.4) is 0 Å². The zero-order valence-electron chi connectivity index (χ0n) is 7.22. The summed E-state index contributed by atoms with van der Waals surface area (Å²) in [6.45, 7) is 2.28. The highest BCUT2D eigenvalue weighted by molar-refractivity contribution is 6.34. The smallest absolute Gasteiger partial charge is 0.0972 e. The van der Waals surface area contributed by atoms with Gasteiger partial charge in [-0.05, 0) is 0 Å². The van der Waals surface area contributed by atoms with Crippen LogP contribution in [0.2, 0.25) is 5.28 Å². The number of rotatable bonds is 4. The van der Waals surface area contributed by atoms with Gasteiger partial charge < -0.3 is 0 Å². The third-order valence-corrected chi connectivity index (χ3v) is 4.05. The summed E-state index contributed by atoms with van der Waals surface area (Å²) >= 11 is 0.213. The quantitative estimate of drug-likeness (QED) is 0.471. The van der Waals surface area contributed by atoms with E-state index in [1.54, 1.807) is 0 Å². The minimum absolute atomic E-state index is 0.213. The lowest BCUT2D eigenvalue weighted by molar-refractivity contribution is 1.06. The molecule has 0 aliphatic heterocycles. The van der Waals surface area contributed by atoms with Gasteiger partial charge in [-0.2, -0.15) is 0 Å². The molecule has 0 N–H and O–H groups in total. The summed E-state index contributed by atoms with van der Waals surface area (Å²) in [5, 5.41) is 2.88. The van der Waals surface area contributed by atoms with Crippen molar-refractivity contribution in [3.05, 3.63) is 35.9 Å². The van der Waals surface area contributed by atoms with Gasteiger partial charge in [-0.15, -0.1) is 0 Å². The van der Waals surface area contributed by atoms with Gasteiger partial charge in [0.1, 0.15) is 0 Å². The van der Waals surface area contributed by atoms with Gasteiger partial charge >= 0.3 is 0 Å². The topological polar surface area (TPSA) is 0 Å². The Morgan fingerprint density at radius 2 is 1.91 bits per heavy atom. The van der Waals surface area contributed by atoms with E-state index in [2.05, 4.69) is 37.3 Å². The summed E-state index contributed by atoms with van der Waals surface area (Å²) in [5.74, 6) is 0. The van der Waals surface area contributed by atoms with Crippen LogP contribution in [0.1, 0.15) is 18.9 Å². The molecule has 58 valence electrons. The van der Waals surface area contributed by atoms with Crippen molar-refractivity contribution in [1.82, 2.24) is 0 Å². The van der Waals surface area contributed by atoms with Crippen LogP contribution in [0.5, 0.6) is 0 Å². The molecular formula is C10H15Al. The van der Waals surface area contributed by atoms with Crippen LogP contribution in [0.15, 0.2) is 30.3 Å². The Bertz CT molecular complexity index is 181. The highest BCUT2D eigenvalue weighted by atomic mass is 27.1. The van der Waals surface area contributed by atoms with E-state index in [1.807, 2.05) is 0 Å². The summed E-state index contributed by atoms with van der Waals surface area (Å²) in [7, 11) is 0. The maximum absolute atomic E-state index is 2.28. The van der Waals surface area contributed by atoms with Crippen molar-refractivity contribution in [2.45, 2.75) is 23.9 Å². The lowest BCUT2D eigenvalue weighted by atomic mass is 10.2. The first-order valence-corrected chi connectivity index (χ1v) is 6.47. The Kier molecular flexibility index (Phi) is 4.35. The fourth-order valence-electron chi connectivity index (χ4n) is 1.22. The summed E-state index contributed by atoms with van der Waals surface area (Å²) in [6.07, 6.45) is 1.37. The van der Waals surface area contributed by atoms with Gasteiger partial charge in [0.05, 0.1) is 0 Å². The molecule has 0 saturated carbocycles. The van der Waals surface area contributed by atoms with E-state index in [-0.39, 0.29) is 15.2 Å². The lowest BCUT2D eigenvalue weighted by Gasteiger charge is -1.95. The van der Waals surface area contributed by atoms with Crippen molar-refractivity contribution >= 4 is 15.2 Å². The van der Waals surface area contributed by atoms with E-state index in [0.717, 1.165) is 0 Å². The van der Waals surface area contributed by atoms with Gasteiger partial charge in [0, 0.05) is 0 Å². The molecule has 0 saturated heterocycles. The second-order valence-corrected chi connectivity index (χ2v) is 4.86. The van der Waals surface area contributed by atoms with E-state index >= 15 is 0 Å². The van der Waals surface area contributed by atoms with E-state index < -0.39 is 0 Å². The minimum atomic E-state index is 0.213. The third-order valence-electron chi connectivity index (χ3n) is 1.91. The van der Waals surface area contributed by atoms with Crippen LogP contribution in [0.25, 0.3) is 0 Å². The zero-order chi connectivity index (χ0) is 7.94. The van der Waals surface area contributed by atoms with Crippen LogP contribution in [0.4, 0.5) is 0 Å². The molecule has 0 unspecified atom stereocenters. The molecule has 1 heteroatoms. The Morgan fingerprint density at radius 3 is 2.55 bits per heavy atom. The standard InChI is InChI=1S/C7H7.C3H7.Al.H/c1-7-5-3-2-4-6-7;1-3-2;;/h2-6H,1H2;1,3H2,2H3;;. The first-order chi connectivity index (χ1) is 5.43. The van der Waals surface area contributed by atoms with Gasteiger partial charge in [-0.3, -0.25) is 0 Å². The molecule has 0 nitrogen and oxygen atoms in total. The molecule has 0 aliphatic carbocycles. The molecule has 0 aromatic heterocycles. The molecule has 11 heavy (non-hydrogen) atoms. The van der Waals surface area contributed by atoms with Crippen molar-refractivity contribution in [3.63, 3.8) is 0 Å². The summed E-state index contributed by atoms with van der Waals surface area (Å²) < 4.78 is 0. The van der Waals surface area contributed by atoms with Crippen LogP contribution in [0, 0.1) is 0 Å². The monoisotopic (exact) mass is 162 g/mol. The Balaban J connectivity index is 2.28. The maximum Gasteiger partial charge on any atom is 0.242 e. The Hall–Kier alpha value is -0.248. The molecule has 1 aromatic carbocycles. The van der Waals surface area contributed by atoms with Gasteiger partial charge in [0.15, 0.2) is 0 Å². The SMILES string of the molecule is CC[CH2][AlH][CH2]c1ccccc1. The Morgan fingerprint density at radius 1 is 1.18 bits per heavy atom. The molecule has 0 radical (unpaired) electrons. The minimum Gasteiger partial charge on any atom is -0.0972 e. The fourth-order valence-corrected chi connectivity index (χ4v) is 2.72. The summed E-state index contributed by atoms with van der Waals surface area (Å²) in [5.41, 5.74) is 1.53. The predicted molar refractivity (Wildman–Crippen MR) is 52.4 cm³/mol. The average molecular weight is 162 g/mol. The van der Waals surface area contributed by atoms with Crippen molar-refractivity contribution in [3.8, 4) is 0 Å². The molecule has 1 aromatic rings. The molecule has 1 rings (SSSR count). The van der Waals surface area contributed by atoms with E-state index in [0.29, 0.717) is 0 Å². The predicted octanol–water partition coefficient (Wildman–Crippen LogP) is 2.45. The highest BCUT2D eigenvalue weighted by Gasteiger charge is 1.93. The maximum atomic E-state index is 2.28. The average Bonchev–Trinajstić information content (AvgIpc) is 2.07. The second-order valence-electron chi connectivity index (χ2n) is 2.94. The van der Waals surface area contributed by atoms with Crippen molar-refractivity contribution in [1.29, 1.82) is 0 Å². The fraction of sp³-hybridized carbons (Fsp3) is 0.400. The molecule has 0 atom stereocenters. The van der Waals surface area contributed by atoms with Crippen LogP contribution < -0.4 is 0 Å². The highest BCUT2D eigenvalue weighted by Crippen LogP contribution is 1.99. The first-order valence-electron chi connectivity index (χ1n) is 4.47. The number of hydrogen-bond donors (Lipinski definition) is 0. The van der Waals surface area contributed by atoms with Crippen LogP contribution in [-0.2, 0) is 5.28 Å². The van der Waals surface area contributed by atoms with E-state index in [9.17, 15) is 0 Å². The number of hydrogen-bond acceptors (Lipinski definition) is 0. The van der Waals surface area contributed by atoms with Crippen molar-refractivity contribution in [2.75, 3.05) is 0 Å². The zero-order valence-corrected chi connectivity index (χ0v) is 8.63. The van der Waals surface area contributed by atoms with Crippen molar-refractivity contribution < 1.29 is 0 Å². The Labute approximate surface area is 75.3 Å². The summed E-state index contributed by atoms with van der Waals surface area (Å²) in [4.78, 5) is 0. The van der Waals surface area contributed by atoms with Gasteiger partial charge in [-0.25, -0.2) is 0 Å². The molecule has 0 amide bonds. The molecule has 0 spiro atoms. The molecule has 0 fully saturated rings. The summed E-state index contributed by atoms with van der Waals surface area (Å²) in [6, 6.07) is 10.8. The molecule has 0 bridgehead atoms. The van der Waals surface area contributed by atoms with Gasteiger partial charge in [0.25, 0.3) is 0 Å². The lowest BCUT2D eigenvalue weighted by Crippen LogP contribution is -1.94. The molecule has 0 aliphatic rings. The van der Waals surface area contributed by atoms with Crippen molar-refractivity contribution in [2.24, 2.45) is 0 Å². The molecule has 0 heterocycles. The van der Waals surface area contributed by atoms with E-state index in [4.69, 9.17) is 0 Å². The van der Waals surface area contributed by atoms with Crippen LogP contribution >= 0.6 is 0 Å². The third kappa shape index (κ3) is 3.60. The number of benzene rings is 1. The molecular weight excluding hydrogens is 147 g/mol. The van der Waals surface area contributed by atoms with Crippen LogP contribution in [-0.4, -0.2) is 15.2 Å².